The van der Waals surface area contributed by atoms with Crippen LogP contribution in [0.15, 0.2) is 11.6 Å². The van der Waals surface area contributed by atoms with Gasteiger partial charge >= 0.3 is 0 Å². The minimum Gasteiger partial charge on any atom is -0.294 e. The first-order chi connectivity index (χ1) is 7.77. The number of hydrogen-bond acceptors (Lipinski definition) is 4. The van der Waals surface area contributed by atoms with Gasteiger partial charge in [-0.15, -0.1) is 10.2 Å². The molecule has 0 unspecified atom stereocenters. The van der Waals surface area contributed by atoms with E-state index in [-0.39, 0.29) is 5.78 Å². The van der Waals surface area contributed by atoms with Gasteiger partial charge in [-0.05, 0) is 25.8 Å². The highest BCUT2D eigenvalue weighted by Gasteiger charge is 2.23. The predicted octanol–water partition coefficient (Wildman–Crippen LogP) is 2.16. The Kier molecular flexibility index (Phi) is 2.14. The number of Topliss-reactive ketones (excluding diaryl/α,β-unsaturated/α-hetero) is 1. The third-order valence-corrected chi connectivity index (χ3v) is 3.62. The number of hydrogen-bond donors (Lipinski definition) is 0. The molecule has 0 amide bonds. The molecule has 0 N–H and O–H groups in total. The number of ketones is 1. The van der Waals surface area contributed by atoms with Gasteiger partial charge in [-0.1, -0.05) is 11.3 Å². The van der Waals surface area contributed by atoms with E-state index in [0.717, 1.165) is 34.9 Å². The van der Waals surface area contributed by atoms with Gasteiger partial charge in [-0.3, -0.25) is 9.36 Å². The summed E-state index contributed by atoms with van der Waals surface area (Å²) in [5, 5.41) is 8.78. The van der Waals surface area contributed by atoms with E-state index in [1.54, 1.807) is 5.51 Å². The molecule has 1 aliphatic carbocycles. The zero-order chi connectivity index (χ0) is 11.1. The van der Waals surface area contributed by atoms with E-state index in [2.05, 4.69) is 14.8 Å². The van der Waals surface area contributed by atoms with Crippen LogP contribution in [-0.2, 0) is 6.42 Å². The van der Waals surface area contributed by atoms with Crippen LogP contribution in [0.3, 0.4) is 0 Å². The fourth-order valence-electron chi connectivity index (χ4n) is 2.26. The van der Waals surface area contributed by atoms with Gasteiger partial charge in [0.15, 0.2) is 5.78 Å². The first-order valence-corrected chi connectivity index (χ1v) is 6.16. The van der Waals surface area contributed by atoms with Gasteiger partial charge in [0.2, 0.25) is 5.13 Å². The molecule has 1 aliphatic rings. The zero-order valence-corrected chi connectivity index (χ0v) is 9.75. The van der Waals surface area contributed by atoms with E-state index in [9.17, 15) is 4.79 Å². The van der Waals surface area contributed by atoms with Crippen LogP contribution >= 0.6 is 11.3 Å². The summed E-state index contributed by atoms with van der Waals surface area (Å²) in [4.78, 5) is 11.8. The highest BCUT2D eigenvalue weighted by atomic mass is 32.1. The maximum absolute atomic E-state index is 11.8. The van der Waals surface area contributed by atoms with E-state index in [4.69, 9.17) is 0 Å². The van der Waals surface area contributed by atoms with E-state index < -0.39 is 0 Å². The van der Waals surface area contributed by atoms with Gasteiger partial charge in [0.25, 0.3) is 0 Å². The number of carbonyl (C=O) groups excluding carboxylic acids is 1. The van der Waals surface area contributed by atoms with E-state index in [0.29, 0.717) is 6.42 Å². The molecule has 2 heterocycles. The molecule has 16 heavy (non-hydrogen) atoms. The molecular formula is C11H11N3OS. The minimum absolute atomic E-state index is 0.257. The van der Waals surface area contributed by atoms with Crippen molar-refractivity contribution < 1.29 is 4.79 Å². The molecule has 2 aromatic rings. The van der Waals surface area contributed by atoms with Crippen LogP contribution in [0.2, 0.25) is 0 Å². The minimum atomic E-state index is 0.257. The summed E-state index contributed by atoms with van der Waals surface area (Å²) in [7, 11) is 0. The lowest BCUT2D eigenvalue weighted by Crippen LogP contribution is -2.12. The lowest BCUT2D eigenvalue weighted by atomic mass is 9.97. The highest BCUT2D eigenvalue weighted by Crippen LogP contribution is 2.28. The molecule has 0 fully saturated rings. The number of rotatable bonds is 1. The van der Waals surface area contributed by atoms with Crippen molar-refractivity contribution in [2.24, 2.45) is 0 Å². The van der Waals surface area contributed by atoms with Crippen LogP contribution in [0.5, 0.6) is 0 Å². The van der Waals surface area contributed by atoms with Crippen molar-refractivity contribution >= 4 is 17.1 Å². The summed E-state index contributed by atoms with van der Waals surface area (Å²) in [5.41, 5.74) is 4.76. The molecule has 4 nitrogen and oxygen atoms in total. The van der Waals surface area contributed by atoms with E-state index in [1.165, 1.54) is 11.3 Å². The molecule has 0 aliphatic heterocycles. The second-order valence-corrected chi connectivity index (χ2v) is 4.79. The van der Waals surface area contributed by atoms with Crippen LogP contribution in [0.25, 0.3) is 5.13 Å². The van der Waals surface area contributed by atoms with Crippen molar-refractivity contribution in [3.8, 4) is 5.13 Å². The smallest absolute Gasteiger partial charge is 0.216 e. The monoisotopic (exact) mass is 233 g/mol. The largest absolute Gasteiger partial charge is 0.294 e. The summed E-state index contributed by atoms with van der Waals surface area (Å²) in [6.45, 7) is 2.01. The lowest BCUT2D eigenvalue weighted by molar-refractivity contribution is 0.0972. The summed E-state index contributed by atoms with van der Waals surface area (Å²) >= 11 is 1.50. The summed E-state index contributed by atoms with van der Waals surface area (Å²) in [6.07, 6.45) is 2.56. The number of aryl methyl sites for hydroxylation is 1. The van der Waals surface area contributed by atoms with Gasteiger partial charge in [0.1, 0.15) is 5.51 Å². The maximum Gasteiger partial charge on any atom is 0.216 e. The molecule has 0 bridgehead atoms. The SMILES string of the molecule is Cc1cc2c(n1-c1nncs1)CCCC2=O. The van der Waals surface area contributed by atoms with Gasteiger partial charge in [-0.2, -0.15) is 0 Å². The molecule has 2 aromatic heterocycles. The molecule has 0 aromatic carbocycles. The van der Waals surface area contributed by atoms with E-state index in [1.807, 2.05) is 13.0 Å². The van der Waals surface area contributed by atoms with Crippen LogP contribution in [0.1, 0.15) is 34.6 Å². The van der Waals surface area contributed by atoms with Crippen LogP contribution in [0.4, 0.5) is 0 Å². The molecule has 0 radical (unpaired) electrons. The second kappa shape index (κ2) is 3.52. The number of nitrogens with zero attached hydrogens (tertiary/aromatic N) is 3. The Balaban J connectivity index is 2.23. The Morgan fingerprint density at radius 1 is 1.44 bits per heavy atom. The van der Waals surface area contributed by atoms with Crippen molar-refractivity contribution in [2.45, 2.75) is 26.2 Å². The molecule has 82 valence electrons. The predicted molar refractivity (Wildman–Crippen MR) is 61.2 cm³/mol. The molecular weight excluding hydrogens is 222 g/mol. The first kappa shape index (κ1) is 9.72. The Morgan fingerprint density at radius 2 is 2.31 bits per heavy atom. The molecule has 3 rings (SSSR count). The Bertz CT molecular complexity index is 542. The van der Waals surface area contributed by atoms with Gasteiger partial charge in [-0.25, -0.2) is 0 Å². The highest BCUT2D eigenvalue weighted by molar-refractivity contribution is 7.11. The Hall–Kier alpha value is -1.49. The van der Waals surface area contributed by atoms with Crippen molar-refractivity contribution in [1.29, 1.82) is 0 Å². The fourth-order valence-corrected chi connectivity index (χ4v) is 2.90. The van der Waals surface area contributed by atoms with Gasteiger partial charge in [0, 0.05) is 23.4 Å². The van der Waals surface area contributed by atoms with E-state index >= 15 is 0 Å². The quantitative estimate of drug-likeness (QED) is 0.758. The Labute approximate surface area is 96.9 Å². The molecule has 0 saturated heterocycles. The summed E-state index contributed by atoms with van der Waals surface area (Å²) < 4.78 is 2.06. The standard InChI is InChI=1S/C11H11N3OS/c1-7-5-8-9(3-2-4-10(8)15)14(7)11-13-12-6-16-11/h5-6H,2-4H2,1H3. The molecule has 0 atom stereocenters. The van der Waals surface area contributed by atoms with Crippen molar-refractivity contribution in [3.63, 3.8) is 0 Å². The van der Waals surface area contributed by atoms with Gasteiger partial charge in [0.05, 0.1) is 0 Å². The van der Waals surface area contributed by atoms with Crippen LogP contribution in [0, 0.1) is 6.92 Å². The Morgan fingerprint density at radius 3 is 3.06 bits per heavy atom. The zero-order valence-electron chi connectivity index (χ0n) is 8.93. The summed E-state index contributed by atoms with van der Waals surface area (Å²) in [6, 6.07) is 1.97. The van der Waals surface area contributed by atoms with Crippen molar-refractivity contribution in [3.05, 3.63) is 28.5 Å². The fraction of sp³-hybridized carbons (Fsp3) is 0.364. The average Bonchev–Trinajstić information content (AvgIpc) is 2.85. The molecule has 0 saturated carbocycles. The third-order valence-electron chi connectivity index (χ3n) is 2.94. The van der Waals surface area contributed by atoms with Crippen molar-refractivity contribution in [2.75, 3.05) is 0 Å². The average molecular weight is 233 g/mol. The number of aromatic nitrogens is 3. The molecule has 0 spiro atoms. The van der Waals surface area contributed by atoms with Crippen LogP contribution < -0.4 is 0 Å². The second-order valence-electron chi connectivity index (χ2n) is 3.98. The summed E-state index contributed by atoms with van der Waals surface area (Å²) in [5.74, 6) is 0.257. The first-order valence-electron chi connectivity index (χ1n) is 5.28. The number of fused-ring (bicyclic) bond motifs is 1. The lowest BCUT2D eigenvalue weighted by Gasteiger charge is -2.13. The molecule has 5 heteroatoms. The van der Waals surface area contributed by atoms with Gasteiger partial charge < -0.3 is 0 Å². The topological polar surface area (TPSA) is 47.8 Å². The number of carbonyl (C=O) groups is 1. The van der Waals surface area contributed by atoms with Crippen molar-refractivity contribution in [1.82, 2.24) is 14.8 Å². The third kappa shape index (κ3) is 1.31. The maximum atomic E-state index is 11.8. The van der Waals surface area contributed by atoms with Crippen LogP contribution in [-0.4, -0.2) is 20.5 Å². The normalized spacial score (nSPS) is 15.2.